The van der Waals surface area contributed by atoms with Gasteiger partial charge >= 0.3 is 12.1 Å². The number of sulfonamides is 1. The molecule has 3 heterocycles. The molecular formula is C27H27N3O6S2. The van der Waals surface area contributed by atoms with E-state index in [0.29, 0.717) is 17.1 Å². The predicted octanol–water partition coefficient (Wildman–Crippen LogP) is 4.26. The minimum Gasteiger partial charge on any atom is -0.468 e. The van der Waals surface area contributed by atoms with E-state index in [1.165, 1.54) is 47.3 Å². The lowest BCUT2D eigenvalue weighted by Gasteiger charge is -2.35. The monoisotopic (exact) mass is 553 g/mol. The lowest BCUT2D eigenvalue weighted by Crippen LogP contribution is -2.52. The molecule has 0 saturated carbocycles. The number of likely N-dealkylation sites (tertiary alicyclic amines) is 1. The average Bonchev–Trinajstić information content (AvgIpc) is 3.47. The van der Waals surface area contributed by atoms with Gasteiger partial charge in [0.05, 0.1) is 29.8 Å². The van der Waals surface area contributed by atoms with E-state index in [2.05, 4.69) is 4.98 Å². The van der Waals surface area contributed by atoms with Crippen molar-refractivity contribution in [2.24, 2.45) is 0 Å². The van der Waals surface area contributed by atoms with Crippen LogP contribution < -0.4 is 4.31 Å². The number of pyridine rings is 1. The number of benzene rings is 2. The van der Waals surface area contributed by atoms with Crippen molar-refractivity contribution in [1.82, 2.24) is 9.88 Å². The zero-order valence-corrected chi connectivity index (χ0v) is 22.5. The Bertz CT molecular complexity index is 1420. The quantitative estimate of drug-likeness (QED) is 0.316. The number of carbonyl (C=O) groups is 2. The third-order valence-electron chi connectivity index (χ3n) is 6.91. The van der Waals surface area contributed by atoms with Gasteiger partial charge in [-0.25, -0.2) is 22.5 Å². The summed E-state index contributed by atoms with van der Waals surface area (Å²) in [5, 5.41) is -0.0235. The van der Waals surface area contributed by atoms with Gasteiger partial charge in [-0.1, -0.05) is 54.2 Å². The van der Waals surface area contributed by atoms with Crippen LogP contribution in [0.25, 0.3) is 0 Å². The number of hydrogen-bond donors (Lipinski definition) is 0. The van der Waals surface area contributed by atoms with E-state index in [4.69, 9.17) is 9.47 Å². The molecule has 3 aromatic rings. The standard InChI is InChI=1S/C27H27N3O6S2/c1-35-26(31)23(37-24-14-8-9-15-28-24)17-18-16-21-20-12-6-7-13-22(20)30(25(21)29(18)27(32)36-2)38(33,34)19-10-4-3-5-11-19/h3-15,18,21,23,25H,16-17H2,1-2H3/t18-,21-,23-,25+/m1/s1. The van der Waals surface area contributed by atoms with Gasteiger partial charge in [0.15, 0.2) is 0 Å². The number of rotatable bonds is 7. The van der Waals surface area contributed by atoms with Gasteiger partial charge < -0.3 is 9.47 Å². The van der Waals surface area contributed by atoms with Crippen LogP contribution in [0.15, 0.2) is 88.9 Å². The average molecular weight is 554 g/mol. The van der Waals surface area contributed by atoms with Crippen molar-refractivity contribution in [2.75, 3.05) is 18.5 Å². The SMILES string of the molecule is COC(=O)[C@@H](C[C@H]1C[C@@H]2c3ccccc3N(S(=O)(=O)c3ccccc3)[C@@H]2N1C(=O)OC)Sc1ccccn1. The minimum absolute atomic E-state index is 0.127. The summed E-state index contributed by atoms with van der Waals surface area (Å²) in [4.78, 5) is 32.0. The molecule has 0 N–H and O–H groups in total. The zero-order valence-electron chi connectivity index (χ0n) is 20.8. The summed E-state index contributed by atoms with van der Waals surface area (Å²) < 4.78 is 39.5. The largest absolute Gasteiger partial charge is 0.468 e. The Balaban J connectivity index is 1.55. The molecule has 2 aromatic carbocycles. The first-order chi connectivity index (χ1) is 18.4. The highest BCUT2D eigenvalue weighted by Crippen LogP contribution is 2.53. The molecular weight excluding hydrogens is 526 g/mol. The van der Waals surface area contributed by atoms with Crippen LogP contribution in [0.4, 0.5) is 10.5 Å². The van der Waals surface area contributed by atoms with Gasteiger partial charge in [0.2, 0.25) is 0 Å². The van der Waals surface area contributed by atoms with Crippen LogP contribution in [-0.4, -0.2) is 62.0 Å². The highest BCUT2D eigenvalue weighted by atomic mass is 32.2. The van der Waals surface area contributed by atoms with Crippen LogP contribution in [0, 0.1) is 0 Å². The topological polar surface area (TPSA) is 106 Å². The molecule has 0 aliphatic carbocycles. The van der Waals surface area contributed by atoms with Crippen LogP contribution in [-0.2, 0) is 24.3 Å². The summed E-state index contributed by atoms with van der Waals surface area (Å²) >= 11 is 1.25. The number of thioether (sulfide) groups is 1. The van der Waals surface area contributed by atoms with Crippen molar-refractivity contribution in [3.63, 3.8) is 0 Å². The first-order valence-corrected chi connectivity index (χ1v) is 14.4. The van der Waals surface area contributed by atoms with Gasteiger partial charge in [-0.2, -0.15) is 0 Å². The first-order valence-electron chi connectivity index (χ1n) is 12.1. The van der Waals surface area contributed by atoms with E-state index < -0.39 is 39.5 Å². The molecule has 0 spiro atoms. The van der Waals surface area contributed by atoms with E-state index in [1.54, 1.807) is 48.7 Å². The van der Waals surface area contributed by atoms with Gasteiger partial charge in [-0.3, -0.25) is 9.69 Å². The highest BCUT2D eigenvalue weighted by Gasteiger charge is 2.56. The number of carbonyl (C=O) groups excluding carboxylic acids is 2. The second-order valence-corrected chi connectivity index (χ2v) is 12.0. The molecule has 0 bridgehead atoms. The Morgan fingerprint density at radius 1 is 1.00 bits per heavy atom. The molecule has 0 radical (unpaired) electrons. The summed E-state index contributed by atoms with van der Waals surface area (Å²) in [5.74, 6) is -0.747. The first kappa shape index (κ1) is 26.1. The molecule has 11 heteroatoms. The lowest BCUT2D eigenvalue weighted by molar-refractivity contribution is -0.140. The van der Waals surface area contributed by atoms with Crippen LogP contribution in [0.3, 0.4) is 0 Å². The molecule has 4 atom stereocenters. The van der Waals surface area contributed by atoms with E-state index in [-0.39, 0.29) is 17.2 Å². The zero-order chi connectivity index (χ0) is 26.9. The number of anilines is 1. The molecule has 1 saturated heterocycles. The number of ether oxygens (including phenoxy) is 2. The molecule has 1 aromatic heterocycles. The van der Waals surface area contributed by atoms with Gasteiger partial charge in [0.25, 0.3) is 10.0 Å². The Hall–Kier alpha value is -3.57. The molecule has 9 nitrogen and oxygen atoms in total. The van der Waals surface area contributed by atoms with Gasteiger partial charge in [-0.05, 0) is 48.7 Å². The summed E-state index contributed by atoms with van der Waals surface area (Å²) in [6.07, 6.45) is 0.828. The number of methoxy groups -OCH3 is 2. The van der Waals surface area contributed by atoms with E-state index in [9.17, 15) is 18.0 Å². The molecule has 198 valence electrons. The van der Waals surface area contributed by atoms with Crippen molar-refractivity contribution in [3.05, 3.63) is 84.6 Å². The summed E-state index contributed by atoms with van der Waals surface area (Å²) in [6.45, 7) is 0. The van der Waals surface area contributed by atoms with Gasteiger partial charge in [-0.15, -0.1) is 0 Å². The van der Waals surface area contributed by atoms with E-state index in [0.717, 1.165) is 5.56 Å². The third-order valence-corrected chi connectivity index (χ3v) is 9.87. The Morgan fingerprint density at radius 3 is 2.39 bits per heavy atom. The lowest BCUT2D eigenvalue weighted by atomic mass is 9.95. The van der Waals surface area contributed by atoms with Crippen molar-refractivity contribution < 1.29 is 27.5 Å². The van der Waals surface area contributed by atoms with Crippen molar-refractivity contribution in [3.8, 4) is 0 Å². The fraction of sp³-hybridized carbons (Fsp3) is 0.296. The van der Waals surface area contributed by atoms with E-state index >= 15 is 0 Å². The highest BCUT2D eigenvalue weighted by molar-refractivity contribution is 8.00. The van der Waals surface area contributed by atoms with Gasteiger partial charge in [0, 0.05) is 18.2 Å². The Morgan fingerprint density at radius 2 is 1.71 bits per heavy atom. The number of para-hydroxylation sites is 1. The van der Waals surface area contributed by atoms with Crippen LogP contribution >= 0.6 is 11.8 Å². The smallest absolute Gasteiger partial charge is 0.411 e. The second kappa shape index (κ2) is 10.7. The minimum atomic E-state index is -4.03. The van der Waals surface area contributed by atoms with Crippen molar-refractivity contribution in [1.29, 1.82) is 0 Å². The van der Waals surface area contributed by atoms with Crippen molar-refractivity contribution >= 4 is 39.5 Å². The number of amides is 1. The maximum absolute atomic E-state index is 14.0. The Kier molecular flexibility index (Phi) is 7.31. The number of aromatic nitrogens is 1. The summed E-state index contributed by atoms with van der Waals surface area (Å²) in [5.41, 5.74) is 1.37. The molecule has 0 unspecified atom stereocenters. The normalized spacial score (nSPS) is 20.9. The summed E-state index contributed by atoms with van der Waals surface area (Å²) in [6, 6.07) is 20.4. The molecule has 38 heavy (non-hydrogen) atoms. The van der Waals surface area contributed by atoms with Crippen LogP contribution in [0.5, 0.6) is 0 Å². The van der Waals surface area contributed by atoms with Crippen LogP contribution in [0.1, 0.15) is 24.3 Å². The predicted molar refractivity (Wildman–Crippen MR) is 142 cm³/mol. The van der Waals surface area contributed by atoms with E-state index in [1.807, 2.05) is 18.2 Å². The van der Waals surface area contributed by atoms with Crippen molar-refractivity contribution in [2.45, 2.75) is 46.1 Å². The number of hydrogen-bond acceptors (Lipinski definition) is 8. The molecule has 1 fully saturated rings. The molecule has 2 aliphatic rings. The van der Waals surface area contributed by atoms with Crippen LogP contribution in [0.2, 0.25) is 0 Å². The number of esters is 1. The molecule has 1 amide bonds. The van der Waals surface area contributed by atoms with Gasteiger partial charge in [0.1, 0.15) is 11.4 Å². The number of nitrogens with zero attached hydrogens (tertiary/aromatic N) is 3. The fourth-order valence-corrected chi connectivity index (χ4v) is 8.10. The Labute approximate surface area is 225 Å². The molecule has 5 rings (SSSR count). The third kappa shape index (κ3) is 4.60. The second-order valence-electron chi connectivity index (χ2n) is 8.99. The summed E-state index contributed by atoms with van der Waals surface area (Å²) in [7, 11) is -1.44. The number of fused-ring (bicyclic) bond motifs is 3. The fourth-order valence-electron chi connectivity index (χ4n) is 5.33. The maximum Gasteiger partial charge on any atom is 0.411 e. The molecule has 2 aliphatic heterocycles. The maximum atomic E-state index is 14.0.